The Hall–Kier alpha value is -1.43. The third-order valence-electron chi connectivity index (χ3n) is 3.22. The fraction of sp³-hybridized carbons (Fsp3) is 0.727. The molecule has 0 spiro atoms. The molecule has 0 aliphatic carbocycles. The smallest absolute Gasteiger partial charge is 0.449 e. The van der Waals surface area contributed by atoms with Crippen molar-refractivity contribution in [1.29, 1.82) is 0 Å². The van der Waals surface area contributed by atoms with Crippen LogP contribution < -0.4 is 0 Å². The first-order valence-electron chi connectivity index (χ1n) is 5.79. The van der Waals surface area contributed by atoms with Crippen LogP contribution in [0.2, 0.25) is 0 Å². The summed E-state index contributed by atoms with van der Waals surface area (Å²) in [6, 6.07) is 0. The monoisotopic (exact) mass is 358 g/mol. The van der Waals surface area contributed by atoms with E-state index in [9.17, 15) is 45.0 Å². The van der Waals surface area contributed by atoms with Crippen molar-refractivity contribution < 1.29 is 54.5 Å². The fourth-order valence-electron chi connectivity index (χ4n) is 1.96. The minimum absolute atomic E-state index is 0.131. The molecule has 1 fully saturated rings. The molecule has 1 saturated heterocycles. The van der Waals surface area contributed by atoms with Crippen LogP contribution in [0.15, 0.2) is 12.7 Å². The zero-order chi connectivity index (χ0) is 18.5. The Bertz CT molecular complexity index is 499. The van der Waals surface area contributed by atoms with E-state index >= 15 is 0 Å². The van der Waals surface area contributed by atoms with Gasteiger partial charge in [0.1, 0.15) is 0 Å². The molecule has 4 nitrogen and oxygen atoms in total. The number of carbonyl (C=O) groups is 1. The van der Waals surface area contributed by atoms with Crippen LogP contribution in [0.25, 0.3) is 0 Å². The van der Waals surface area contributed by atoms with Gasteiger partial charge in [0, 0.05) is 12.5 Å². The van der Waals surface area contributed by atoms with Crippen molar-refractivity contribution in [2.45, 2.75) is 49.1 Å². The molecule has 3 atom stereocenters. The summed E-state index contributed by atoms with van der Waals surface area (Å²) in [4.78, 5) is 11.0. The van der Waals surface area contributed by atoms with Gasteiger partial charge in [-0.1, -0.05) is 6.58 Å². The number of hydrogen-bond acceptors (Lipinski definition) is 4. The standard InChI is InChI=1S/C11H10F8O4/c1-3-6(20)23-7(2)4-5(8(12,13)14)22-10(21,9(7,15)16)11(17,18)19/h3,5,21H,1,4H2,2H3. The molecule has 0 aromatic carbocycles. The number of rotatable bonds is 2. The van der Waals surface area contributed by atoms with E-state index < -0.39 is 48.2 Å². The first-order chi connectivity index (χ1) is 10.0. The van der Waals surface area contributed by atoms with Crippen molar-refractivity contribution in [1.82, 2.24) is 0 Å². The van der Waals surface area contributed by atoms with Gasteiger partial charge in [0.05, 0.1) is 0 Å². The summed E-state index contributed by atoms with van der Waals surface area (Å²) >= 11 is 0. The van der Waals surface area contributed by atoms with Crippen molar-refractivity contribution in [3.63, 3.8) is 0 Å². The molecule has 0 bridgehead atoms. The molecule has 1 heterocycles. The van der Waals surface area contributed by atoms with Gasteiger partial charge in [-0.05, 0) is 6.92 Å². The van der Waals surface area contributed by atoms with Crippen molar-refractivity contribution in [2.75, 3.05) is 0 Å². The Morgan fingerprint density at radius 2 is 1.78 bits per heavy atom. The van der Waals surface area contributed by atoms with Gasteiger partial charge in [-0.3, -0.25) is 0 Å². The molecule has 12 heteroatoms. The van der Waals surface area contributed by atoms with Gasteiger partial charge in [-0.15, -0.1) is 0 Å². The number of aliphatic hydroxyl groups is 1. The minimum atomic E-state index is -6.30. The molecule has 0 aromatic rings. The predicted octanol–water partition coefficient (Wildman–Crippen LogP) is 2.71. The van der Waals surface area contributed by atoms with Crippen molar-refractivity contribution in [3.05, 3.63) is 12.7 Å². The Labute approximate surface area is 123 Å². The second kappa shape index (κ2) is 5.30. The Morgan fingerprint density at radius 1 is 1.30 bits per heavy atom. The zero-order valence-corrected chi connectivity index (χ0v) is 11.3. The molecule has 134 valence electrons. The molecule has 1 aliphatic heterocycles. The maximum absolute atomic E-state index is 14.1. The van der Waals surface area contributed by atoms with E-state index in [1.807, 2.05) is 0 Å². The lowest BCUT2D eigenvalue weighted by Gasteiger charge is -2.51. The van der Waals surface area contributed by atoms with Gasteiger partial charge in [0.2, 0.25) is 0 Å². The van der Waals surface area contributed by atoms with E-state index in [0.29, 0.717) is 0 Å². The lowest BCUT2D eigenvalue weighted by atomic mass is 9.81. The third-order valence-corrected chi connectivity index (χ3v) is 3.22. The Kier molecular flexibility index (Phi) is 4.52. The summed E-state index contributed by atoms with van der Waals surface area (Å²) in [5.41, 5.74) is -3.65. The van der Waals surface area contributed by atoms with E-state index in [1.165, 1.54) is 0 Å². The molecule has 0 radical (unpaired) electrons. The largest absolute Gasteiger partial charge is 0.449 e. The maximum atomic E-state index is 14.1. The van der Waals surface area contributed by atoms with Crippen LogP contribution in [0.3, 0.4) is 0 Å². The molecule has 0 aromatic heterocycles. The van der Waals surface area contributed by atoms with Gasteiger partial charge in [0.25, 0.3) is 0 Å². The van der Waals surface area contributed by atoms with Gasteiger partial charge in [-0.25, -0.2) is 4.79 Å². The van der Waals surface area contributed by atoms with E-state index in [1.54, 1.807) is 0 Å². The summed E-state index contributed by atoms with van der Waals surface area (Å²) < 4.78 is 112. The maximum Gasteiger partial charge on any atom is 0.449 e. The molecular weight excluding hydrogens is 348 g/mol. The van der Waals surface area contributed by atoms with E-state index in [4.69, 9.17) is 0 Å². The number of carbonyl (C=O) groups excluding carboxylic acids is 1. The van der Waals surface area contributed by atoms with Crippen molar-refractivity contribution in [2.24, 2.45) is 0 Å². The molecule has 1 rings (SSSR count). The predicted molar refractivity (Wildman–Crippen MR) is 56.2 cm³/mol. The van der Waals surface area contributed by atoms with Gasteiger partial charge in [0.15, 0.2) is 11.7 Å². The highest BCUT2D eigenvalue weighted by Gasteiger charge is 2.82. The van der Waals surface area contributed by atoms with Crippen molar-refractivity contribution in [3.8, 4) is 0 Å². The van der Waals surface area contributed by atoms with E-state index in [2.05, 4.69) is 16.1 Å². The van der Waals surface area contributed by atoms with E-state index in [-0.39, 0.29) is 13.0 Å². The third kappa shape index (κ3) is 3.01. The first-order valence-corrected chi connectivity index (χ1v) is 5.79. The Morgan fingerprint density at radius 3 is 2.13 bits per heavy atom. The molecule has 3 unspecified atom stereocenters. The number of hydrogen-bond donors (Lipinski definition) is 1. The number of halogens is 8. The highest BCUT2D eigenvalue weighted by molar-refractivity contribution is 5.81. The molecular formula is C11H10F8O4. The lowest BCUT2D eigenvalue weighted by molar-refractivity contribution is -0.495. The van der Waals surface area contributed by atoms with Crippen LogP contribution in [-0.2, 0) is 14.3 Å². The SMILES string of the molecule is C=CC(=O)OC1(C)CC(C(F)(F)F)OC(O)(C(F)(F)F)C1(F)F. The summed E-state index contributed by atoms with van der Waals surface area (Å²) in [5.74, 6) is -12.6. The normalized spacial score (nSPS) is 34.8. The minimum Gasteiger partial charge on any atom is -0.449 e. The van der Waals surface area contributed by atoms with Gasteiger partial charge in [-0.2, -0.15) is 35.1 Å². The van der Waals surface area contributed by atoms with Crippen LogP contribution in [0.1, 0.15) is 13.3 Å². The van der Waals surface area contributed by atoms with Crippen molar-refractivity contribution >= 4 is 5.97 Å². The fourth-order valence-corrected chi connectivity index (χ4v) is 1.96. The van der Waals surface area contributed by atoms with Gasteiger partial charge < -0.3 is 14.6 Å². The summed E-state index contributed by atoms with van der Waals surface area (Å²) in [7, 11) is 0. The second-order valence-corrected chi connectivity index (χ2v) is 4.92. The molecule has 23 heavy (non-hydrogen) atoms. The lowest BCUT2D eigenvalue weighted by Crippen LogP contribution is -2.75. The highest BCUT2D eigenvalue weighted by atomic mass is 19.4. The first kappa shape index (κ1) is 19.6. The van der Waals surface area contributed by atoms with Crippen LogP contribution in [0.4, 0.5) is 35.1 Å². The summed E-state index contributed by atoms with van der Waals surface area (Å²) in [6.07, 6.45) is -16.9. The number of alkyl halides is 8. The summed E-state index contributed by atoms with van der Waals surface area (Å²) in [5, 5.41) is 9.18. The van der Waals surface area contributed by atoms with Crippen LogP contribution in [0.5, 0.6) is 0 Å². The molecule has 1 N–H and O–H groups in total. The zero-order valence-electron chi connectivity index (χ0n) is 11.3. The average molecular weight is 358 g/mol. The highest BCUT2D eigenvalue weighted by Crippen LogP contribution is 2.56. The molecule has 1 aliphatic rings. The van der Waals surface area contributed by atoms with Crippen LogP contribution in [-0.4, -0.2) is 46.8 Å². The number of esters is 1. The van der Waals surface area contributed by atoms with Crippen LogP contribution >= 0.6 is 0 Å². The summed E-state index contributed by atoms with van der Waals surface area (Å²) in [6.45, 7) is 2.93. The molecule has 0 amide bonds. The van der Waals surface area contributed by atoms with Crippen LogP contribution in [0, 0.1) is 0 Å². The van der Waals surface area contributed by atoms with E-state index in [0.717, 1.165) is 0 Å². The second-order valence-electron chi connectivity index (χ2n) is 4.92. The average Bonchev–Trinajstić information content (AvgIpc) is 2.33. The van der Waals surface area contributed by atoms with Gasteiger partial charge >= 0.3 is 30.0 Å². The Balaban J connectivity index is 3.49. The number of ether oxygens (including phenoxy) is 2. The quantitative estimate of drug-likeness (QED) is 0.469. The topological polar surface area (TPSA) is 55.8 Å². The molecule has 0 saturated carbocycles.